The molecule has 0 amide bonds. The molecule has 2 aromatic rings. The van der Waals surface area contributed by atoms with Gasteiger partial charge in [0.1, 0.15) is 12.4 Å². The molecule has 2 aromatic carbocycles. The predicted molar refractivity (Wildman–Crippen MR) is 79.3 cm³/mol. The fraction of sp³-hybridized carbons (Fsp3) is 0.235. The predicted octanol–water partition coefficient (Wildman–Crippen LogP) is 2.19. The van der Waals surface area contributed by atoms with Crippen molar-refractivity contribution in [1.82, 2.24) is 0 Å². The standard InChI is InChI=1S/C17H18O4/c18-11-14(19)10-16(20)15-8-4-5-9-17(15)21-12-13-6-2-1-3-7-13/h1-9,14,18-19H,10-12H2. The molecule has 0 saturated heterocycles. The molecule has 4 heteroatoms. The molecule has 4 nitrogen and oxygen atoms in total. The molecule has 0 aromatic heterocycles. The van der Waals surface area contributed by atoms with Gasteiger partial charge < -0.3 is 14.9 Å². The van der Waals surface area contributed by atoms with Gasteiger partial charge in [0.05, 0.1) is 18.3 Å². The summed E-state index contributed by atoms with van der Waals surface area (Å²) >= 11 is 0. The summed E-state index contributed by atoms with van der Waals surface area (Å²) in [6.07, 6.45) is -1.16. The smallest absolute Gasteiger partial charge is 0.169 e. The van der Waals surface area contributed by atoms with Crippen molar-refractivity contribution in [3.8, 4) is 5.75 Å². The normalized spacial score (nSPS) is 11.9. The number of carbonyl (C=O) groups is 1. The lowest BCUT2D eigenvalue weighted by Gasteiger charge is -2.12. The van der Waals surface area contributed by atoms with Gasteiger partial charge in [0.2, 0.25) is 0 Å². The SMILES string of the molecule is O=C(CC(O)CO)c1ccccc1OCc1ccccc1. The van der Waals surface area contributed by atoms with Crippen molar-refractivity contribution in [2.24, 2.45) is 0 Å². The van der Waals surface area contributed by atoms with Crippen LogP contribution in [0.25, 0.3) is 0 Å². The second kappa shape index (κ2) is 7.57. The summed E-state index contributed by atoms with van der Waals surface area (Å²) in [5.41, 5.74) is 1.43. The number of aliphatic hydroxyl groups excluding tert-OH is 2. The third-order valence-corrected chi connectivity index (χ3v) is 3.06. The minimum atomic E-state index is -1.04. The molecule has 2 rings (SSSR count). The van der Waals surface area contributed by atoms with E-state index in [-0.39, 0.29) is 12.2 Å². The number of carbonyl (C=O) groups excluding carboxylic acids is 1. The highest BCUT2D eigenvalue weighted by molar-refractivity contribution is 5.98. The van der Waals surface area contributed by atoms with Crippen LogP contribution >= 0.6 is 0 Å². The number of ether oxygens (including phenoxy) is 1. The third kappa shape index (κ3) is 4.41. The van der Waals surface area contributed by atoms with Crippen molar-refractivity contribution in [3.05, 3.63) is 65.7 Å². The van der Waals surface area contributed by atoms with E-state index in [0.29, 0.717) is 17.9 Å². The molecule has 0 fully saturated rings. The zero-order valence-corrected chi connectivity index (χ0v) is 11.6. The summed E-state index contributed by atoms with van der Waals surface area (Å²) in [6, 6.07) is 16.6. The lowest BCUT2D eigenvalue weighted by atomic mass is 10.0. The van der Waals surface area contributed by atoms with Gasteiger partial charge >= 0.3 is 0 Å². The summed E-state index contributed by atoms with van der Waals surface area (Å²) in [7, 11) is 0. The number of Topliss-reactive ketones (excluding diaryl/α,β-unsaturated/α-hetero) is 1. The molecule has 0 heterocycles. The molecule has 2 N–H and O–H groups in total. The zero-order valence-electron chi connectivity index (χ0n) is 11.6. The lowest BCUT2D eigenvalue weighted by molar-refractivity contribution is 0.0700. The second-order valence-electron chi connectivity index (χ2n) is 4.73. The Labute approximate surface area is 123 Å². The van der Waals surface area contributed by atoms with Gasteiger partial charge in [0, 0.05) is 6.42 Å². The number of aliphatic hydroxyl groups is 2. The Morgan fingerprint density at radius 2 is 1.71 bits per heavy atom. The van der Waals surface area contributed by atoms with Crippen LogP contribution in [-0.4, -0.2) is 28.7 Å². The van der Waals surface area contributed by atoms with Gasteiger partial charge in [-0.25, -0.2) is 0 Å². The first kappa shape index (κ1) is 15.2. The Balaban J connectivity index is 2.08. The number of rotatable bonds is 7. The van der Waals surface area contributed by atoms with Gasteiger partial charge in [-0.1, -0.05) is 42.5 Å². The topological polar surface area (TPSA) is 66.8 Å². The van der Waals surface area contributed by atoms with Crippen molar-refractivity contribution in [1.29, 1.82) is 0 Å². The fourth-order valence-corrected chi connectivity index (χ4v) is 1.95. The average molecular weight is 286 g/mol. The first-order valence-electron chi connectivity index (χ1n) is 6.78. The van der Waals surface area contributed by atoms with Crippen molar-refractivity contribution in [2.75, 3.05) is 6.61 Å². The first-order valence-corrected chi connectivity index (χ1v) is 6.78. The van der Waals surface area contributed by atoms with Gasteiger partial charge in [-0.3, -0.25) is 4.79 Å². The Kier molecular flexibility index (Phi) is 5.49. The van der Waals surface area contributed by atoms with Crippen molar-refractivity contribution >= 4 is 5.78 Å². The summed E-state index contributed by atoms with van der Waals surface area (Å²) in [5, 5.41) is 18.2. The molecule has 0 saturated carbocycles. The van der Waals surface area contributed by atoms with Crippen LogP contribution in [-0.2, 0) is 6.61 Å². The monoisotopic (exact) mass is 286 g/mol. The quantitative estimate of drug-likeness (QED) is 0.766. The molecule has 0 aliphatic rings. The largest absolute Gasteiger partial charge is 0.488 e. The van der Waals surface area contributed by atoms with E-state index >= 15 is 0 Å². The highest BCUT2D eigenvalue weighted by Crippen LogP contribution is 2.21. The number of hydrogen-bond acceptors (Lipinski definition) is 4. The van der Waals surface area contributed by atoms with Crippen LogP contribution in [0.5, 0.6) is 5.75 Å². The minimum Gasteiger partial charge on any atom is -0.488 e. The number of para-hydroxylation sites is 1. The zero-order chi connectivity index (χ0) is 15.1. The van der Waals surface area contributed by atoms with E-state index in [2.05, 4.69) is 0 Å². The maximum absolute atomic E-state index is 12.1. The van der Waals surface area contributed by atoms with Gasteiger partial charge in [0.15, 0.2) is 5.78 Å². The van der Waals surface area contributed by atoms with Crippen LogP contribution in [0.3, 0.4) is 0 Å². The average Bonchev–Trinajstić information content (AvgIpc) is 2.54. The highest BCUT2D eigenvalue weighted by Gasteiger charge is 2.16. The molecule has 110 valence electrons. The Morgan fingerprint density at radius 3 is 2.43 bits per heavy atom. The molecule has 0 bridgehead atoms. The Hall–Kier alpha value is -2.17. The molecule has 21 heavy (non-hydrogen) atoms. The maximum atomic E-state index is 12.1. The Morgan fingerprint density at radius 1 is 1.05 bits per heavy atom. The molecule has 1 atom stereocenters. The summed E-state index contributed by atoms with van der Waals surface area (Å²) in [6.45, 7) is -0.0630. The van der Waals surface area contributed by atoms with Crippen LogP contribution in [0.15, 0.2) is 54.6 Å². The molecule has 1 unspecified atom stereocenters. The molecule has 0 aliphatic heterocycles. The molecule has 0 spiro atoms. The van der Waals surface area contributed by atoms with E-state index in [0.717, 1.165) is 5.56 Å². The van der Waals surface area contributed by atoms with Crippen LogP contribution < -0.4 is 4.74 Å². The first-order chi connectivity index (χ1) is 10.2. The fourth-order valence-electron chi connectivity index (χ4n) is 1.95. The number of benzene rings is 2. The van der Waals surface area contributed by atoms with E-state index in [4.69, 9.17) is 9.84 Å². The summed E-state index contributed by atoms with van der Waals surface area (Å²) in [5.74, 6) is 0.233. The van der Waals surface area contributed by atoms with Crippen molar-refractivity contribution in [2.45, 2.75) is 19.1 Å². The molecule has 0 radical (unpaired) electrons. The van der Waals surface area contributed by atoms with Gasteiger partial charge in [-0.05, 0) is 17.7 Å². The molecular formula is C17H18O4. The van der Waals surface area contributed by atoms with E-state index in [9.17, 15) is 9.90 Å². The van der Waals surface area contributed by atoms with Gasteiger partial charge in [-0.15, -0.1) is 0 Å². The summed E-state index contributed by atoms with van der Waals surface area (Å²) in [4.78, 5) is 12.1. The van der Waals surface area contributed by atoms with E-state index in [1.165, 1.54) is 0 Å². The van der Waals surface area contributed by atoms with Gasteiger partial charge in [0.25, 0.3) is 0 Å². The maximum Gasteiger partial charge on any atom is 0.169 e. The van der Waals surface area contributed by atoms with E-state index in [1.54, 1.807) is 24.3 Å². The number of hydrogen-bond donors (Lipinski definition) is 2. The van der Waals surface area contributed by atoms with Crippen LogP contribution in [0.2, 0.25) is 0 Å². The number of ketones is 1. The highest BCUT2D eigenvalue weighted by atomic mass is 16.5. The van der Waals surface area contributed by atoms with E-state index in [1.807, 2.05) is 30.3 Å². The lowest BCUT2D eigenvalue weighted by Crippen LogP contribution is -2.18. The molecular weight excluding hydrogens is 268 g/mol. The third-order valence-electron chi connectivity index (χ3n) is 3.06. The van der Waals surface area contributed by atoms with Crippen molar-refractivity contribution in [3.63, 3.8) is 0 Å². The second-order valence-corrected chi connectivity index (χ2v) is 4.73. The van der Waals surface area contributed by atoms with Crippen LogP contribution in [0, 0.1) is 0 Å². The molecule has 0 aliphatic carbocycles. The minimum absolute atomic E-state index is 0.123. The van der Waals surface area contributed by atoms with Crippen LogP contribution in [0.4, 0.5) is 0 Å². The summed E-state index contributed by atoms with van der Waals surface area (Å²) < 4.78 is 5.69. The Bertz CT molecular complexity index is 580. The van der Waals surface area contributed by atoms with E-state index < -0.39 is 12.7 Å². The van der Waals surface area contributed by atoms with Crippen LogP contribution in [0.1, 0.15) is 22.3 Å². The van der Waals surface area contributed by atoms with Gasteiger partial charge in [-0.2, -0.15) is 0 Å². The van der Waals surface area contributed by atoms with Crippen molar-refractivity contribution < 1.29 is 19.7 Å².